The van der Waals surface area contributed by atoms with E-state index in [0.717, 1.165) is 13.0 Å². The van der Waals surface area contributed by atoms with Crippen LogP contribution in [-0.2, 0) is 16.1 Å². The molecular weight excluding hydrogens is 294 g/mol. The summed E-state index contributed by atoms with van der Waals surface area (Å²) < 4.78 is 0. The molecule has 1 aromatic carbocycles. The van der Waals surface area contributed by atoms with E-state index in [-0.39, 0.29) is 18.0 Å². The molecule has 0 unspecified atom stereocenters. The SMILES string of the molecule is CN(CC(=O)N1CC[C@@](C)(NCC(=O)O)C1)Cc1ccccc1. The van der Waals surface area contributed by atoms with Crippen molar-refractivity contribution in [3.63, 3.8) is 0 Å². The Labute approximate surface area is 137 Å². The van der Waals surface area contributed by atoms with Crippen molar-refractivity contribution < 1.29 is 14.7 Å². The summed E-state index contributed by atoms with van der Waals surface area (Å²) in [4.78, 5) is 26.9. The third-order valence-corrected chi connectivity index (χ3v) is 4.19. The molecule has 1 saturated heterocycles. The summed E-state index contributed by atoms with van der Waals surface area (Å²) in [5, 5.41) is 11.8. The van der Waals surface area contributed by atoms with Crippen LogP contribution in [0.5, 0.6) is 0 Å². The number of nitrogens with zero attached hydrogens (tertiary/aromatic N) is 2. The van der Waals surface area contributed by atoms with Crippen LogP contribution >= 0.6 is 0 Å². The highest BCUT2D eigenvalue weighted by atomic mass is 16.4. The lowest BCUT2D eigenvalue weighted by Crippen LogP contribution is -2.48. The second kappa shape index (κ2) is 7.57. The van der Waals surface area contributed by atoms with E-state index < -0.39 is 5.97 Å². The van der Waals surface area contributed by atoms with E-state index >= 15 is 0 Å². The molecule has 1 heterocycles. The number of likely N-dealkylation sites (N-methyl/N-ethyl adjacent to an activating group) is 1. The van der Waals surface area contributed by atoms with Crippen LogP contribution in [0.1, 0.15) is 18.9 Å². The topological polar surface area (TPSA) is 72.9 Å². The third-order valence-electron chi connectivity index (χ3n) is 4.19. The quantitative estimate of drug-likeness (QED) is 0.777. The summed E-state index contributed by atoms with van der Waals surface area (Å²) in [7, 11) is 1.93. The second-order valence-corrected chi connectivity index (χ2v) is 6.53. The minimum Gasteiger partial charge on any atom is -0.480 e. The van der Waals surface area contributed by atoms with Gasteiger partial charge in [0.15, 0.2) is 0 Å². The number of carbonyl (C=O) groups excluding carboxylic acids is 1. The number of hydrogen-bond acceptors (Lipinski definition) is 4. The maximum Gasteiger partial charge on any atom is 0.317 e. The first kappa shape index (κ1) is 17.4. The van der Waals surface area contributed by atoms with Crippen molar-refractivity contribution in [3.8, 4) is 0 Å². The Morgan fingerprint density at radius 2 is 2.04 bits per heavy atom. The van der Waals surface area contributed by atoms with E-state index in [9.17, 15) is 9.59 Å². The largest absolute Gasteiger partial charge is 0.480 e. The van der Waals surface area contributed by atoms with Gasteiger partial charge in [0, 0.05) is 25.2 Å². The van der Waals surface area contributed by atoms with Gasteiger partial charge in [-0.15, -0.1) is 0 Å². The standard InChI is InChI=1S/C17H25N3O3/c1-17(18-10-16(22)23)8-9-20(13-17)15(21)12-19(2)11-14-6-4-3-5-7-14/h3-7,18H,8-13H2,1-2H3,(H,22,23)/t17-/m1/s1. The average Bonchev–Trinajstić information content (AvgIpc) is 2.89. The molecule has 23 heavy (non-hydrogen) atoms. The Morgan fingerprint density at radius 1 is 1.35 bits per heavy atom. The Hall–Kier alpha value is -1.92. The molecule has 6 heteroatoms. The number of carbonyl (C=O) groups is 2. The van der Waals surface area contributed by atoms with Crippen LogP contribution in [0.25, 0.3) is 0 Å². The van der Waals surface area contributed by atoms with Crippen LogP contribution in [-0.4, -0.2) is 65.5 Å². The number of amides is 1. The molecule has 0 bridgehead atoms. The van der Waals surface area contributed by atoms with Gasteiger partial charge in [0.2, 0.25) is 5.91 Å². The fourth-order valence-corrected chi connectivity index (χ4v) is 2.89. The molecule has 1 amide bonds. The number of nitrogens with one attached hydrogen (secondary N) is 1. The molecule has 1 fully saturated rings. The first-order chi connectivity index (χ1) is 10.9. The fourth-order valence-electron chi connectivity index (χ4n) is 2.89. The molecule has 2 rings (SSSR count). The van der Waals surface area contributed by atoms with Gasteiger partial charge in [0.05, 0.1) is 13.1 Å². The molecule has 0 saturated carbocycles. The normalized spacial score (nSPS) is 20.9. The smallest absolute Gasteiger partial charge is 0.317 e. The Kier molecular flexibility index (Phi) is 5.74. The molecule has 1 aliphatic rings. The van der Waals surface area contributed by atoms with Crippen molar-refractivity contribution in [2.75, 3.05) is 33.2 Å². The van der Waals surface area contributed by atoms with Gasteiger partial charge in [-0.2, -0.15) is 0 Å². The second-order valence-electron chi connectivity index (χ2n) is 6.53. The summed E-state index contributed by atoms with van der Waals surface area (Å²) in [6.07, 6.45) is 0.772. The van der Waals surface area contributed by atoms with Crippen LogP contribution < -0.4 is 5.32 Å². The number of aliphatic carboxylic acids is 1. The number of carboxylic acids is 1. The van der Waals surface area contributed by atoms with Gasteiger partial charge >= 0.3 is 5.97 Å². The van der Waals surface area contributed by atoms with Crippen molar-refractivity contribution in [1.29, 1.82) is 0 Å². The summed E-state index contributed by atoms with van der Waals surface area (Å²) in [5.41, 5.74) is 0.865. The molecule has 126 valence electrons. The first-order valence-corrected chi connectivity index (χ1v) is 7.85. The number of benzene rings is 1. The molecule has 1 aromatic rings. The van der Waals surface area contributed by atoms with E-state index in [1.54, 1.807) is 0 Å². The zero-order valence-corrected chi connectivity index (χ0v) is 13.8. The Balaban J connectivity index is 1.81. The lowest BCUT2D eigenvalue weighted by molar-refractivity contribution is -0.136. The minimum atomic E-state index is -0.876. The molecular formula is C17H25N3O3. The summed E-state index contributed by atoms with van der Waals surface area (Å²) in [5.74, 6) is -0.789. The van der Waals surface area contributed by atoms with Crippen molar-refractivity contribution >= 4 is 11.9 Å². The maximum atomic E-state index is 12.4. The predicted molar refractivity (Wildman–Crippen MR) is 88.0 cm³/mol. The summed E-state index contributed by atoms with van der Waals surface area (Å²) in [6, 6.07) is 10.0. The highest BCUT2D eigenvalue weighted by molar-refractivity contribution is 5.78. The zero-order valence-electron chi connectivity index (χ0n) is 13.8. The van der Waals surface area contributed by atoms with Gasteiger partial charge in [-0.1, -0.05) is 30.3 Å². The van der Waals surface area contributed by atoms with Gasteiger partial charge < -0.3 is 10.0 Å². The molecule has 6 nitrogen and oxygen atoms in total. The molecule has 0 spiro atoms. The van der Waals surface area contributed by atoms with E-state index in [1.165, 1.54) is 5.56 Å². The Morgan fingerprint density at radius 3 is 2.70 bits per heavy atom. The van der Waals surface area contributed by atoms with E-state index in [4.69, 9.17) is 5.11 Å². The molecule has 1 aliphatic heterocycles. The van der Waals surface area contributed by atoms with Crippen molar-refractivity contribution in [2.24, 2.45) is 0 Å². The first-order valence-electron chi connectivity index (χ1n) is 7.85. The van der Waals surface area contributed by atoms with Crippen molar-refractivity contribution in [2.45, 2.75) is 25.4 Å². The zero-order chi connectivity index (χ0) is 16.9. The highest BCUT2D eigenvalue weighted by Crippen LogP contribution is 2.20. The van der Waals surface area contributed by atoms with Crippen molar-refractivity contribution in [3.05, 3.63) is 35.9 Å². The number of likely N-dealkylation sites (tertiary alicyclic amines) is 1. The number of rotatable bonds is 7. The van der Waals surface area contributed by atoms with E-state index in [2.05, 4.69) is 5.32 Å². The monoisotopic (exact) mass is 319 g/mol. The molecule has 0 aromatic heterocycles. The van der Waals surface area contributed by atoms with Gasteiger partial charge in [-0.05, 0) is 26.0 Å². The average molecular weight is 319 g/mol. The molecule has 2 N–H and O–H groups in total. The number of hydrogen-bond donors (Lipinski definition) is 2. The van der Waals surface area contributed by atoms with Crippen LogP contribution in [0.15, 0.2) is 30.3 Å². The van der Waals surface area contributed by atoms with Gasteiger partial charge in [-0.25, -0.2) is 0 Å². The molecule has 0 radical (unpaired) electrons. The lowest BCUT2D eigenvalue weighted by atomic mass is 10.0. The highest BCUT2D eigenvalue weighted by Gasteiger charge is 2.36. The predicted octanol–water partition coefficient (Wildman–Crippen LogP) is 0.784. The van der Waals surface area contributed by atoms with E-state index in [1.807, 2.05) is 54.1 Å². The molecule has 0 aliphatic carbocycles. The fraction of sp³-hybridized carbons (Fsp3) is 0.529. The van der Waals surface area contributed by atoms with Gasteiger partial charge in [-0.3, -0.25) is 19.8 Å². The van der Waals surface area contributed by atoms with Crippen LogP contribution in [0, 0.1) is 0 Å². The maximum absolute atomic E-state index is 12.4. The van der Waals surface area contributed by atoms with Crippen LogP contribution in [0.4, 0.5) is 0 Å². The Bertz CT molecular complexity index is 549. The summed E-state index contributed by atoms with van der Waals surface area (Å²) >= 11 is 0. The lowest BCUT2D eigenvalue weighted by Gasteiger charge is -2.26. The summed E-state index contributed by atoms with van der Waals surface area (Å²) in [6.45, 7) is 4.21. The third kappa shape index (κ3) is 5.33. The van der Waals surface area contributed by atoms with Crippen LogP contribution in [0.2, 0.25) is 0 Å². The number of carboxylic acid groups (broad SMARTS) is 1. The van der Waals surface area contributed by atoms with Gasteiger partial charge in [0.1, 0.15) is 0 Å². The minimum absolute atomic E-state index is 0.0769. The van der Waals surface area contributed by atoms with Crippen molar-refractivity contribution in [1.82, 2.24) is 15.1 Å². The molecule has 1 atom stereocenters. The van der Waals surface area contributed by atoms with Crippen LogP contribution in [0.3, 0.4) is 0 Å². The van der Waals surface area contributed by atoms with Gasteiger partial charge in [0.25, 0.3) is 0 Å². The van der Waals surface area contributed by atoms with E-state index in [0.29, 0.717) is 19.6 Å².